The Kier molecular flexibility index (Phi) is 4.64. The Balaban J connectivity index is 2.15. The number of nitrogens with one attached hydrogen (secondary N) is 1. The van der Waals surface area contributed by atoms with Crippen molar-refractivity contribution in [2.45, 2.75) is 26.3 Å². The van der Waals surface area contributed by atoms with Gasteiger partial charge in [-0.1, -0.05) is 13.0 Å². The molecule has 6 nitrogen and oxygen atoms in total. The van der Waals surface area contributed by atoms with E-state index < -0.39 is 0 Å². The van der Waals surface area contributed by atoms with Crippen molar-refractivity contribution in [2.75, 3.05) is 6.61 Å². The second-order valence-electron chi connectivity index (χ2n) is 5.70. The second kappa shape index (κ2) is 6.70. The Labute approximate surface area is 144 Å². The maximum Gasteiger partial charge on any atom is 0.252 e. The summed E-state index contributed by atoms with van der Waals surface area (Å²) in [6.45, 7) is 3.71. The summed E-state index contributed by atoms with van der Waals surface area (Å²) < 4.78 is 1.70. The second-order valence-corrected chi connectivity index (χ2v) is 6.65. The molecule has 126 valence electrons. The number of aliphatic hydroxyl groups excluding tert-OH is 1. The number of amides is 1. The number of rotatable bonds is 5. The van der Waals surface area contributed by atoms with E-state index in [1.54, 1.807) is 16.0 Å². The van der Waals surface area contributed by atoms with Crippen molar-refractivity contribution >= 4 is 28.3 Å². The Hall–Kier alpha value is -2.25. The molecule has 0 aliphatic carbocycles. The van der Waals surface area contributed by atoms with Crippen LogP contribution in [0.4, 0.5) is 0 Å². The molecule has 3 heterocycles. The van der Waals surface area contributed by atoms with Crippen LogP contribution in [0.25, 0.3) is 21.6 Å². The Morgan fingerprint density at radius 2 is 2.29 bits per heavy atom. The number of aryl methyl sites for hydroxylation is 2. The van der Waals surface area contributed by atoms with Crippen molar-refractivity contribution in [3.05, 3.63) is 34.8 Å². The molecule has 1 atom stereocenters. The van der Waals surface area contributed by atoms with Gasteiger partial charge in [0.15, 0.2) is 5.65 Å². The van der Waals surface area contributed by atoms with Gasteiger partial charge in [0.05, 0.1) is 39.9 Å². The van der Waals surface area contributed by atoms with Gasteiger partial charge in [-0.05, 0) is 30.9 Å². The quantitative estimate of drug-likeness (QED) is 0.745. The molecule has 0 aliphatic rings. The van der Waals surface area contributed by atoms with E-state index in [0.717, 1.165) is 21.7 Å². The van der Waals surface area contributed by atoms with Gasteiger partial charge < -0.3 is 10.4 Å². The number of pyridine rings is 1. The van der Waals surface area contributed by atoms with Crippen molar-refractivity contribution < 1.29 is 9.90 Å². The molecule has 3 rings (SSSR count). The number of hydrogen-bond acceptors (Lipinski definition) is 5. The molecule has 1 unspecified atom stereocenters. The van der Waals surface area contributed by atoms with Gasteiger partial charge in [-0.25, -0.2) is 4.98 Å². The Bertz CT molecular complexity index is 866. The van der Waals surface area contributed by atoms with Gasteiger partial charge in [-0.15, -0.1) is 11.3 Å². The summed E-state index contributed by atoms with van der Waals surface area (Å²) >= 11 is 1.58. The number of hydrogen-bond donors (Lipinski definition) is 2. The summed E-state index contributed by atoms with van der Waals surface area (Å²) in [7, 11) is 1.82. The van der Waals surface area contributed by atoms with Crippen LogP contribution >= 0.6 is 11.3 Å². The first kappa shape index (κ1) is 16.6. The lowest BCUT2D eigenvalue weighted by Crippen LogP contribution is -2.37. The van der Waals surface area contributed by atoms with E-state index >= 15 is 0 Å². The zero-order valence-corrected chi connectivity index (χ0v) is 14.7. The van der Waals surface area contributed by atoms with Crippen LogP contribution in [0.1, 0.15) is 29.4 Å². The van der Waals surface area contributed by atoms with E-state index in [-0.39, 0.29) is 18.6 Å². The number of nitrogens with zero attached hydrogens (tertiary/aromatic N) is 3. The first-order chi connectivity index (χ1) is 11.5. The van der Waals surface area contributed by atoms with E-state index in [4.69, 9.17) is 0 Å². The summed E-state index contributed by atoms with van der Waals surface area (Å²) in [4.78, 5) is 18.5. The molecule has 0 aromatic carbocycles. The third kappa shape index (κ3) is 2.92. The molecule has 0 spiro atoms. The summed E-state index contributed by atoms with van der Waals surface area (Å²) in [6.07, 6.45) is 0.667. The van der Waals surface area contributed by atoms with Gasteiger partial charge in [-0.2, -0.15) is 5.10 Å². The molecule has 2 N–H and O–H groups in total. The zero-order valence-electron chi connectivity index (χ0n) is 13.9. The third-order valence-corrected chi connectivity index (χ3v) is 4.93. The van der Waals surface area contributed by atoms with Crippen molar-refractivity contribution in [1.29, 1.82) is 0 Å². The smallest absolute Gasteiger partial charge is 0.252 e. The van der Waals surface area contributed by atoms with Crippen molar-refractivity contribution in [1.82, 2.24) is 20.1 Å². The van der Waals surface area contributed by atoms with E-state index in [1.807, 2.05) is 44.5 Å². The van der Waals surface area contributed by atoms with Crippen LogP contribution in [0.3, 0.4) is 0 Å². The minimum absolute atomic E-state index is 0.0831. The lowest BCUT2D eigenvalue weighted by atomic mass is 10.1. The predicted octanol–water partition coefficient (Wildman–Crippen LogP) is 2.51. The largest absolute Gasteiger partial charge is 0.394 e. The highest BCUT2D eigenvalue weighted by atomic mass is 32.1. The summed E-state index contributed by atoms with van der Waals surface area (Å²) in [6, 6.07) is 5.48. The third-order valence-electron chi connectivity index (χ3n) is 4.04. The summed E-state index contributed by atoms with van der Waals surface area (Å²) in [5, 5.41) is 19.4. The van der Waals surface area contributed by atoms with Gasteiger partial charge in [-0.3, -0.25) is 9.48 Å². The zero-order chi connectivity index (χ0) is 17.3. The van der Waals surface area contributed by atoms with E-state index in [2.05, 4.69) is 15.4 Å². The van der Waals surface area contributed by atoms with Gasteiger partial charge in [0.1, 0.15) is 0 Å². The van der Waals surface area contributed by atoms with E-state index in [0.29, 0.717) is 17.6 Å². The SMILES string of the molecule is CCC(CO)NC(=O)c1cc(-c2cccs2)nc2c1c(C)nn2C. The highest BCUT2D eigenvalue weighted by Crippen LogP contribution is 2.29. The number of carbonyl (C=O) groups excluding carboxylic acids is 1. The molecule has 0 radical (unpaired) electrons. The molecule has 3 aromatic rings. The first-order valence-corrected chi connectivity index (χ1v) is 8.73. The van der Waals surface area contributed by atoms with Crippen LogP contribution in [0.5, 0.6) is 0 Å². The normalized spacial score (nSPS) is 12.5. The van der Waals surface area contributed by atoms with Crippen LogP contribution in [-0.4, -0.2) is 38.4 Å². The maximum atomic E-state index is 12.8. The van der Waals surface area contributed by atoms with Crippen LogP contribution in [0, 0.1) is 6.92 Å². The molecule has 7 heteroatoms. The monoisotopic (exact) mass is 344 g/mol. The number of carbonyl (C=O) groups is 1. The number of thiophene rings is 1. The van der Waals surface area contributed by atoms with Crippen LogP contribution in [0.15, 0.2) is 23.6 Å². The summed E-state index contributed by atoms with van der Waals surface area (Å²) in [5.41, 5.74) is 2.74. The van der Waals surface area contributed by atoms with Gasteiger partial charge >= 0.3 is 0 Å². The van der Waals surface area contributed by atoms with Crippen molar-refractivity contribution in [3.8, 4) is 10.6 Å². The highest BCUT2D eigenvalue weighted by Gasteiger charge is 2.21. The van der Waals surface area contributed by atoms with Crippen molar-refractivity contribution in [2.24, 2.45) is 7.05 Å². The molecule has 0 bridgehead atoms. The van der Waals surface area contributed by atoms with Crippen LogP contribution in [-0.2, 0) is 7.05 Å². The van der Waals surface area contributed by atoms with Crippen LogP contribution in [0.2, 0.25) is 0 Å². The number of aliphatic hydroxyl groups is 1. The Morgan fingerprint density at radius 1 is 1.50 bits per heavy atom. The van der Waals surface area contributed by atoms with Crippen LogP contribution < -0.4 is 5.32 Å². The molecule has 0 saturated carbocycles. The molecule has 3 aromatic heterocycles. The molecular weight excluding hydrogens is 324 g/mol. The molecule has 24 heavy (non-hydrogen) atoms. The number of fused-ring (bicyclic) bond motifs is 1. The lowest BCUT2D eigenvalue weighted by molar-refractivity contribution is 0.0916. The van der Waals surface area contributed by atoms with E-state index in [1.165, 1.54) is 0 Å². The molecular formula is C17H20N4O2S. The average Bonchev–Trinajstić information content (AvgIpc) is 3.21. The van der Waals surface area contributed by atoms with Gasteiger partial charge in [0.25, 0.3) is 5.91 Å². The van der Waals surface area contributed by atoms with Crippen molar-refractivity contribution in [3.63, 3.8) is 0 Å². The maximum absolute atomic E-state index is 12.8. The Morgan fingerprint density at radius 3 is 2.92 bits per heavy atom. The van der Waals surface area contributed by atoms with Gasteiger partial charge in [0.2, 0.25) is 0 Å². The van der Waals surface area contributed by atoms with Gasteiger partial charge in [0, 0.05) is 7.05 Å². The standard InChI is InChI=1S/C17H20N4O2S/c1-4-11(9-22)18-17(23)12-8-13(14-6-5-7-24-14)19-16-15(12)10(2)20-21(16)3/h5-8,11,22H,4,9H2,1-3H3,(H,18,23). The minimum Gasteiger partial charge on any atom is -0.394 e. The minimum atomic E-state index is -0.261. The summed E-state index contributed by atoms with van der Waals surface area (Å²) in [5.74, 6) is -0.211. The topological polar surface area (TPSA) is 80.0 Å². The fourth-order valence-electron chi connectivity index (χ4n) is 2.71. The fourth-order valence-corrected chi connectivity index (χ4v) is 3.40. The predicted molar refractivity (Wildman–Crippen MR) is 95.2 cm³/mol. The fraction of sp³-hybridized carbons (Fsp3) is 0.353. The molecule has 0 aliphatic heterocycles. The first-order valence-electron chi connectivity index (χ1n) is 7.85. The highest BCUT2D eigenvalue weighted by molar-refractivity contribution is 7.13. The number of aromatic nitrogens is 3. The molecule has 1 amide bonds. The molecule has 0 fully saturated rings. The lowest BCUT2D eigenvalue weighted by Gasteiger charge is -2.15. The average molecular weight is 344 g/mol. The van der Waals surface area contributed by atoms with E-state index in [9.17, 15) is 9.90 Å². The molecule has 0 saturated heterocycles.